The van der Waals surface area contributed by atoms with Gasteiger partial charge in [0.2, 0.25) is 5.95 Å². The molecular weight excluding hydrogens is 314 g/mol. The van der Waals surface area contributed by atoms with Crippen molar-refractivity contribution in [3.63, 3.8) is 0 Å². The van der Waals surface area contributed by atoms with E-state index in [4.69, 9.17) is 0 Å². The summed E-state index contributed by atoms with van der Waals surface area (Å²) in [7, 11) is 1.42. The third kappa shape index (κ3) is 2.56. The molecule has 0 aliphatic heterocycles. The molecule has 23 heavy (non-hydrogen) atoms. The largest absolute Gasteiger partial charge is 0.416 e. The van der Waals surface area contributed by atoms with Gasteiger partial charge in [0, 0.05) is 18.8 Å². The highest BCUT2D eigenvalue weighted by molar-refractivity contribution is 5.92. The van der Waals surface area contributed by atoms with E-state index in [9.17, 15) is 22.4 Å². The molecule has 3 rings (SSSR count). The Hall–Kier alpha value is -2.77. The van der Waals surface area contributed by atoms with Crippen molar-refractivity contribution in [1.82, 2.24) is 14.5 Å². The lowest BCUT2D eigenvalue weighted by molar-refractivity contribution is -0.137. The van der Waals surface area contributed by atoms with Crippen LogP contribution in [-0.2, 0) is 13.2 Å². The monoisotopic (exact) mass is 323 g/mol. The Morgan fingerprint density at radius 3 is 2.35 bits per heavy atom. The minimum absolute atomic E-state index is 0.0559. The normalized spacial score (nSPS) is 11.9. The first-order valence-electron chi connectivity index (χ1n) is 6.46. The summed E-state index contributed by atoms with van der Waals surface area (Å²) in [5.41, 5.74) is -0.720. The van der Waals surface area contributed by atoms with Crippen molar-refractivity contribution in [2.75, 3.05) is 0 Å². The van der Waals surface area contributed by atoms with E-state index in [0.717, 1.165) is 22.9 Å². The summed E-state index contributed by atoms with van der Waals surface area (Å²) in [5.74, 6) is -0.968. The van der Waals surface area contributed by atoms with Crippen LogP contribution in [-0.4, -0.2) is 14.5 Å². The number of halogens is 4. The Morgan fingerprint density at radius 1 is 1.09 bits per heavy atom. The van der Waals surface area contributed by atoms with Crippen LogP contribution in [0.25, 0.3) is 22.0 Å². The molecule has 2 aromatic heterocycles. The van der Waals surface area contributed by atoms with E-state index in [0.29, 0.717) is 5.56 Å². The Kier molecular flexibility index (Phi) is 3.39. The quantitative estimate of drug-likeness (QED) is 0.510. The first kappa shape index (κ1) is 15.1. The van der Waals surface area contributed by atoms with Crippen LogP contribution in [0.15, 0.2) is 41.6 Å². The summed E-state index contributed by atoms with van der Waals surface area (Å²) >= 11 is 0. The summed E-state index contributed by atoms with van der Waals surface area (Å²) in [6.45, 7) is 0. The Labute approximate surface area is 127 Å². The van der Waals surface area contributed by atoms with E-state index >= 15 is 0 Å². The number of rotatable bonds is 1. The van der Waals surface area contributed by atoms with Gasteiger partial charge in [-0.2, -0.15) is 17.6 Å². The molecule has 0 N–H and O–H groups in total. The minimum Gasteiger partial charge on any atom is -0.302 e. The second-order valence-electron chi connectivity index (χ2n) is 4.92. The smallest absolute Gasteiger partial charge is 0.302 e. The van der Waals surface area contributed by atoms with Crippen LogP contribution in [0.3, 0.4) is 0 Å². The summed E-state index contributed by atoms with van der Waals surface area (Å²) in [5, 5.41) is -0.299. The molecule has 0 fully saturated rings. The van der Waals surface area contributed by atoms with E-state index < -0.39 is 23.2 Å². The molecule has 1 aromatic carbocycles. The molecule has 0 radical (unpaired) electrons. The van der Waals surface area contributed by atoms with Crippen LogP contribution in [0, 0.1) is 5.95 Å². The molecule has 0 spiro atoms. The average Bonchev–Trinajstić information content (AvgIpc) is 2.50. The summed E-state index contributed by atoms with van der Waals surface area (Å²) < 4.78 is 52.8. The van der Waals surface area contributed by atoms with Crippen LogP contribution in [0.5, 0.6) is 0 Å². The predicted octanol–water partition coefficient (Wildman–Crippen LogP) is 3.15. The van der Waals surface area contributed by atoms with Gasteiger partial charge in [0.25, 0.3) is 5.56 Å². The zero-order valence-electron chi connectivity index (χ0n) is 11.7. The highest BCUT2D eigenvalue weighted by Gasteiger charge is 2.30. The maximum absolute atomic E-state index is 13.8. The molecule has 8 heteroatoms. The van der Waals surface area contributed by atoms with E-state index in [1.54, 1.807) is 0 Å². The molecule has 118 valence electrons. The number of pyridine rings is 1. The van der Waals surface area contributed by atoms with Gasteiger partial charge in [0.1, 0.15) is 5.39 Å². The Morgan fingerprint density at radius 2 is 1.74 bits per heavy atom. The third-order valence-corrected chi connectivity index (χ3v) is 3.42. The van der Waals surface area contributed by atoms with E-state index in [2.05, 4.69) is 9.97 Å². The van der Waals surface area contributed by atoms with Gasteiger partial charge >= 0.3 is 6.18 Å². The zero-order valence-corrected chi connectivity index (χ0v) is 11.7. The number of nitrogens with zero attached hydrogens (tertiary/aromatic N) is 3. The van der Waals surface area contributed by atoms with E-state index in [-0.39, 0.29) is 16.5 Å². The third-order valence-electron chi connectivity index (χ3n) is 3.42. The molecule has 0 saturated heterocycles. The number of aryl methyl sites for hydroxylation is 1. The van der Waals surface area contributed by atoms with Crippen LogP contribution in [0.1, 0.15) is 5.56 Å². The topological polar surface area (TPSA) is 47.8 Å². The first-order chi connectivity index (χ1) is 10.8. The van der Waals surface area contributed by atoms with Gasteiger partial charge in [-0.15, -0.1) is 0 Å². The standard InChI is InChI=1S/C15H9F4N3O/c1-22-7-21-12-10(6-20-13(16)11(12)14(22)23)8-2-4-9(5-3-8)15(17,18)19/h2-7H,1H3. The molecule has 0 saturated carbocycles. The van der Waals surface area contributed by atoms with Gasteiger partial charge in [-0.3, -0.25) is 4.79 Å². The molecule has 0 bridgehead atoms. The van der Waals surface area contributed by atoms with Crippen LogP contribution in [0.4, 0.5) is 17.6 Å². The van der Waals surface area contributed by atoms with Gasteiger partial charge in [-0.1, -0.05) is 12.1 Å². The van der Waals surface area contributed by atoms with Crippen LogP contribution >= 0.6 is 0 Å². The molecule has 0 amide bonds. The van der Waals surface area contributed by atoms with Crippen molar-refractivity contribution in [2.45, 2.75) is 6.18 Å². The molecular formula is C15H9F4N3O. The summed E-state index contributed by atoms with van der Waals surface area (Å²) in [6, 6.07) is 4.28. The molecule has 2 heterocycles. The van der Waals surface area contributed by atoms with Crippen molar-refractivity contribution in [2.24, 2.45) is 7.05 Å². The summed E-state index contributed by atoms with van der Waals surface area (Å²) in [4.78, 5) is 19.5. The number of aromatic nitrogens is 3. The predicted molar refractivity (Wildman–Crippen MR) is 75.2 cm³/mol. The second-order valence-corrected chi connectivity index (χ2v) is 4.92. The van der Waals surface area contributed by atoms with Crippen molar-refractivity contribution in [3.8, 4) is 11.1 Å². The lowest BCUT2D eigenvalue weighted by Crippen LogP contribution is -2.19. The van der Waals surface area contributed by atoms with Crippen molar-refractivity contribution in [3.05, 3.63) is 58.7 Å². The Bertz CT molecular complexity index is 946. The number of fused-ring (bicyclic) bond motifs is 1. The molecule has 0 unspecified atom stereocenters. The number of hydrogen-bond acceptors (Lipinski definition) is 3. The van der Waals surface area contributed by atoms with E-state index in [1.807, 2.05) is 0 Å². The zero-order chi connectivity index (χ0) is 16.8. The Balaban J connectivity index is 2.23. The molecule has 0 atom stereocenters. The fourth-order valence-electron chi connectivity index (χ4n) is 2.23. The molecule has 4 nitrogen and oxygen atoms in total. The number of alkyl halides is 3. The lowest BCUT2D eigenvalue weighted by Gasteiger charge is -2.09. The van der Waals surface area contributed by atoms with E-state index in [1.165, 1.54) is 25.5 Å². The molecule has 0 aliphatic rings. The van der Waals surface area contributed by atoms with Crippen LogP contribution in [0.2, 0.25) is 0 Å². The molecule has 3 aromatic rings. The minimum atomic E-state index is -4.45. The van der Waals surface area contributed by atoms with Crippen molar-refractivity contribution < 1.29 is 17.6 Å². The first-order valence-corrected chi connectivity index (χ1v) is 6.46. The second kappa shape index (κ2) is 5.15. The highest BCUT2D eigenvalue weighted by atomic mass is 19.4. The van der Waals surface area contributed by atoms with Gasteiger partial charge in [0.15, 0.2) is 0 Å². The lowest BCUT2D eigenvalue weighted by atomic mass is 10.0. The van der Waals surface area contributed by atoms with Crippen LogP contribution < -0.4 is 5.56 Å². The van der Waals surface area contributed by atoms with Crippen molar-refractivity contribution in [1.29, 1.82) is 0 Å². The maximum Gasteiger partial charge on any atom is 0.416 e. The average molecular weight is 323 g/mol. The maximum atomic E-state index is 13.8. The SMILES string of the molecule is Cn1cnc2c(-c3ccc(C(F)(F)F)cc3)cnc(F)c2c1=O. The van der Waals surface area contributed by atoms with Crippen molar-refractivity contribution >= 4 is 10.9 Å². The van der Waals surface area contributed by atoms with Gasteiger partial charge in [0.05, 0.1) is 17.4 Å². The fourth-order valence-corrected chi connectivity index (χ4v) is 2.23. The van der Waals surface area contributed by atoms with Gasteiger partial charge in [-0.05, 0) is 17.7 Å². The molecule has 0 aliphatic carbocycles. The number of hydrogen-bond donors (Lipinski definition) is 0. The fraction of sp³-hybridized carbons (Fsp3) is 0.133. The van der Waals surface area contributed by atoms with Gasteiger partial charge < -0.3 is 4.57 Å². The highest BCUT2D eigenvalue weighted by Crippen LogP contribution is 2.32. The summed E-state index contributed by atoms with van der Waals surface area (Å²) in [6.07, 6.45) is -2.08. The number of benzene rings is 1. The van der Waals surface area contributed by atoms with Gasteiger partial charge in [-0.25, -0.2) is 9.97 Å².